The average Bonchev–Trinajstić information content (AvgIpc) is 2.44. The van der Waals surface area contributed by atoms with E-state index in [9.17, 15) is 4.79 Å². The third-order valence-electron chi connectivity index (χ3n) is 5.30. The fourth-order valence-electron chi connectivity index (χ4n) is 3.55. The van der Waals surface area contributed by atoms with Crippen LogP contribution in [0.1, 0.15) is 39.5 Å². The number of nitrogens with two attached hydrogens (primary N) is 1. The molecule has 5 heteroatoms. The van der Waals surface area contributed by atoms with E-state index >= 15 is 0 Å². The molecule has 0 spiro atoms. The average molecular weight is 296 g/mol. The molecule has 3 N–H and O–H groups in total. The molecule has 1 saturated heterocycles. The first kappa shape index (κ1) is 16.7. The van der Waals surface area contributed by atoms with Crippen LogP contribution in [0.4, 0.5) is 0 Å². The number of hydrogen-bond acceptors (Lipinski definition) is 4. The number of hydrogen-bond donors (Lipinski definition) is 2. The maximum atomic E-state index is 12.4. The fraction of sp³-hybridized carbons (Fsp3) is 0.938. The maximum Gasteiger partial charge on any atom is 0.225 e. The maximum absolute atomic E-state index is 12.4. The van der Waals surface area contributed by atoms with E-state index in [4.69, 9.17) is 5.73 Å². The van der Waals surface area contributed by atoms with Gasteiger partial charge >= 0.3 is 0 Å². The Morgan fingerprint density at radius 1 is 1.33 bits per heavy atom. The van der Waals surface area contributed by atoms with Crippen molar-refractivity contribution in [3.63, 3.8) is 0 Å². The zero-order chi connectivity index (χ0) is 15.5. The fourth-order valence-corrected chi connectivity index (χ4v) is 3.55. The summed E-state index contributed by atoms with van der Waals surface area (Å²) in [5.74, 6) is 0.131. The second-order valence-corrected chi connectivity index (χ2v) is 7.24. The van der Waals surface area contributed by atoms with Crippen molar-refractivity contribution in [2.45, 2.75) is 51.1 Å². The summed E-state index contributed by atoms with van der Waals surface area (Å²) >= 11 is 0. The Balaban J connectivity index is 1.78. The van der Waals surface area contributed by atoms with Gasteiger partial charge < -0.3 is 16.0 Å². The molecule has 0 radical (unpaired) electrons. The third kappa shape index (κ3) is 4.41. The van der Waals surface area contributed by atoms with Crippen molar-refractivity contribution in [2.24, 2.45) is 11.7 Å². The van der Waals surface area contributed by atoms with Gasteiger partial charge in [0.05, 0.1) is 5.92 Å². The summed E-state index contributed by atoms with van der Waals surface area (Å²) in [6, 6.07) is 0.398. The van der Waals surface area contributed by atoms with Gasteiger partial charge in [-0.3, -0.25) is 9.69 Å². The van der Waals surface area contributed by atoms with Gasteiger partial charge in [0.25, 0.3) is 0 Å². The molecule has 1 saturated carbocycles. The lowest BCUT2D eigenvalue weighted by atomic mass is 9.74. The lowest BCUT2D eigenvalue weighted by Gasteiger charge is -2.39. The topological polar surface area (TPSA) is 61.6 Å². The van der Waals surface area contributed by atoms with Crippen molar-refractivity contribution < 1.29 is 4.79 Å². The van der Waals surface area contributed by atoms with E-state index < -0.39 is 0 Å². The van der Waals surface area contributed by atoms with Crippen molar-refractivity contribution in [3.05, 3.63) is 0 Å². The predicted molar refractivity (Wildman–Crippen MR) is 86.1 cm³/mol. The van der Waals surface area contributed by atoms with Crippen molar-refractivity contribution in [2.75, 3.05) is 39.8 Å². The molecular weight excluding hydrogens is 264 g/mol. The number of rotatable bonds is 4. The van der Waals surface area contributed by atoms with E-state index in [-0.39, 0.29) is 17.4 Å². The molecule has 0 aromatic heterocycles. The molecule has 21 heavy (non-hydrogen) atoms. The third-order valence-corrected chi connectivity index (χ3v) is 5.30. The first-order valence-corrected chi connectivity index (χ1v) is 8.39. The Morgan fingerprint density at radius 2 is 2.00 bits per heavy atom. The molecule has 3 atom stereocenters. The van der Waals surface area contributed by atoms with E-state index in [1.54, 1.807) is 0 Å². The zero-order valence-electron chi connectivity index (χ0n) is 13.9. The number of piperazine rings is 1. The second-order valence-electron chi connectivity index (χ2n) is 7.24. The predicted octanol–water partition coefficient (Wildman–Crippen LogP) is 0.646. The van der Waals surface area contributed by atoms with Crippen molar-refractivity contribution in [1.82, 2.24) is 15.1 Å². The Morgan fingerprint density at radius 3 is 2.62 bits per heavy atom. The minimum absolute atomic E-state index is 0.0223. The largest absolute Gasteiger partial charge is 0.354 e. The minimum Gasteiger partial charge on any atom is -0.354 e. The van der Waals surface area contributed by atoms with Gasteiger partial charge in [0, 0.05) is 44.3 Å². The molecule has 3 unspecified atom stereocenters. The molecule has 1 aliphatic carbocycles. The highest BCUT2D eigenvalue weighted by Gasteiger charge is 2.37. The highest BCUT2D eigenvalue weighted by molar-refractivity contribution is 5.80. The second kappa shape index (κ2) is 7.07. The van der Waals surface area contributed by atoms with Gasteiger partial charge in [-0.05, 0) is 33.7 Å². The van der Waals surface area contributed by atoms with Crippen molar-refractivity contribution in [1.29, 1.82) is 0 Å². The van der Waals surface area contributed by atoms with Gasteiger partial charge in [0.1, 0.15) is 0 Å². The van der Waals surface area contributed by atoms with E-state index in [0.29, 0.717) is 6.04 Å². The first-order chi connectivity index (χ1) is 9.90. The van der Waals surface area contributed by atoms with Crippen LogP contribution in [0.5, 0.6) is 0 Å². The molecule has 0 aromatic carbocycles. The molecule has 2 aliphatic rings. The number of likely N-dealkylation sites (N-methyl/N-ethyl adjacent to an activating group) is 1. The zero-order valence-corrected chi connectivity index (χ0v) is 13.9. The first-order valence-electron chi connectivity index (χ1n) is 8.39. The van der Waals surface area contributed by atoms with E-state index in [1.807, 2.05) is 6.92 Å². The molecule has 2 rings (SSSR count). The highest BCUT2D eigenvalue weighted by atomic mass is 16.1. The van der Waals surface area contributed by atoms with Crippen LogP contribution < -0.4 is 11.1 Å². The SMILES string of the molecule is CC(CNC(=O)C1CCCCC1(C)N)N1CCN(C)CC1. The Kier molecular flexibility index (Phi) is 5.63. The summed E-state index contributed by atoms with van der Waals surface area (Å²) in [5.41, 5.74) is 5.98. The number of amides is 1. The lowest BCUT2D eigenvalue weighted by Crippen LogP contribution is -2.55. The molecule has 1 amide bonds. The lowest BCUT2D eigenvalue weighted by molar-refractivity contribution is -0.128. The molecule has 1 heterocycles. The highest BCUT2D eigenvalue weighted by Crippen LogP contribution is 2.31. The quantitative estimate of drug-likeness (QED) is 0.799. The van der Waals surface area contributed by atoms with Gasteiger partial charge in [-0.2, -0.15) is 0 Å². The van der Waals surface area contributed by atoms with Crippen molar-refractivity contribution in [3.8, 4) is 0 Å². The van der Waals surface area contributed by atoms with Crippen LogP contribution in [0.15, 0.2) is 0 Å². The Hall–Kier alpha value is -0.650. The molecule has 2 fully saturated rings. The molecule has 1 aliphatic heterocycles. The standard InChI is InChI=1S/C16H32N4O/c1-13(20-10-8-19(3)9-11-20)12-18-15(21)14-6-4-5-7-16(14,2)17/h13-14H,4-12,17H2,1-3H3,(H,18,21). The van der Waals surface area contributed by atoms with Crippen LogP contribution in [0.3, 0.4) is 0 Å². The van der Waals surface area contributed by atoms with Crippen LogP contribution >= 0.6 is 0 Å². The van der Waals surface area contributed by atoms with E-state index in [2.05, 4.69) is 29.1 Å². The number of carbonyl (C=O) groups excluding carboxylic acids is 1. The summed E-state index contributed by atoms with van der Waals surface area (Å²) in [6.07, 6.45) is 4.16. The molecule has 122 valence electrons. The van der Waals surface area contributed by atoms with Crippen LogP contribution in [0.2, 0.25) is 0 Å². The number of carbonyl (C=O) groups is 1. The molecule has 0 bridgehead atoms. The number of nitrogens with zero attached hydrogens (tertiary/aromatic N) is 2. The van der Waals surface area contributed by atoms with E-state index in [1.165, 1.54) is 0 Å². The molecule has 5 nitrogen and oxygen atoms in total. The van der Waals surface area contributed by atoms with Crippen LogP contribution in [0, 0.1) is 5.92 Å². The number of nitrogens with one attached hydrogen (secondary N) is 1. The summed E-state index contributed by atoms with van der Waals surface area (Å²) in [5, 5.41) is 3.14. The Bertz CT molecular complexity index is 350. The van der Waals surface area contributed by atoms with Crippen molar-refractivity contribution >= 4 is 5.91 Å². The normalized spacial score (nSPS) is 33.6. The minimum atomic E-state index is -0.334. The molecule has 0 aromatic rings. The summed E-state index contributed by atoms with van der Waals surface area (Å²) < 4.78 is 0. The van der Waals surface area contributed by atoms with Crippen LogP contribution in [-0.4, -0.2) is 67.1 Å². The van der Waals surface area contributed by atoms with Gasteiger partial charge in [0.15, 0.2) is 0 Å². The van der Waals surface area contributed by atoms with E-state index in [0.717, 1.165) is 58.4 Å². The van der Waals surface area contributed by atoms with Gasteiger partial charge in [-0.25, -0.2) is 0 Å². The summed E-state index contributed by atoms with van der Waals surface area (Å²) in [6.45, 7) is 9.37. The van der Waals surface area contributed by atoms with Gasteiger partial charge in [-0.1, -0.05) is 12.8 Å². The summed E-state index contributed by atoms with van der Waals surface area (Å²) in [7, 11) is 2.16. The monoisotopic (exact) mass is 296 g/mol. The van der Waals surface area contributed by atoms with Crippen LogP contribution in [0.25, 0.3) is 0 Å². The molecular formula is C16H32N4O. The smallest absolute Gasteiger partial charge is 0.225 e. The van der Waals surface area contributed by atoms with Gasteiger partial charge in [0.2, 0.25) is 5.91 Å². The van der Waals surface area contributed by atoms with Gasteiger partial charge in [-0.15, -0.1) is 0 Å². The van der Waals surface area contributed by atoms with Crippen LogP contribution in [-0.2, 0) is 4.79 Å². The Labute approximate surface area is 129 Å². The summed E-state index contributed by atoms with van der Waals surface area (Å²) in [4.78, 5) is 17.2.